The van der Waals surface area contributed by atoms with E-state index in [-0.39, 0.29) is 11.9 Å². The number of benzene rings is 1. The number of halogens is 3. The molecule has 10 nitrogen and oxygen atoms in total. The van der Waals surface area contributed by atoms with Crippen LogP contribution in [0, 0.1) is 0 Å². The van der Waals surface area contributed by atoms with E-state index < -0.39 is 17.7 Å². The molecule has 2 aromatic rings. The van der Waals surface area contributed by atoms with Gasteiger partial charge >= 0.3 is 12.1 Å². The Morgan fingerprint density at radius 1 is 1.08 bits per heavy atom. The first-order valence-corrected chi connectivity index (χ1v) is 11.6. The fraction of sp³-hybridized carbons (Fsp3) is 0.565. The maximum atomic E-state index is 13.3. The number of rotatable bonds is 4. The maximum absolute atomic E-state index is 13.3. The van der Waals surface area contributed by atoms with Crippen molar-refractivity contribution in [1.82, 2.24) is 19.9 Å². The molecule has 1 aromatic heterocycles. The zero-order valence-electron chi connectivity index (χ0n) is 20.2. The fourth-order valence-corrected chi connectivity index (χ4v) is 3.99. The van der Waals surface area contributed by atoms with Gasteiger partial charge in [-0.05, 0) is 38.8 Å². The summed E-state index contributed by atoms with van der Waals surface area (Å²) in [7, 11) is 0. The van der Waals surface area contributed by atoms with Gasteiger partial charge in [-0.25, -0.2) is 9.48 Å². The van der Waals surface area contributed by atoms with Crippen molar-refractivity contribution in [2.45, 2.75) is 44.4 Å². The van der Waals surface area contributed by atoms with Gasteiger partial charge in [-0.15, -0.1) is 5.10 Å². The van der Waals surface area contributed by atoms with Crippen LogP contribution in [-0.4, -0.2) is 82.4 Å². The Morgan fingerprint density at radius 3 is 2.19 bits per heavy atom. The molecule has 0 radical (unpaired) electrons. The van der Waals surface area contributed by atoms with Crippen molar-refractivity contribution < 1.29 is 32.6 Å². The molecule has 0 bridgehead atoms. The van der Waals surface area contributed by atoms with Crippen LogP contribution in [0.2, 0.25) is 0 Å². The minimum absolute atomic E-state index is 0.105. The van der Waals surface area contributed by atoms with E-state index in [2.05, 4.69) is 15.2 Å². The summed E-state index contributed by atoms with van der Waals surface area (Å²) in [6.45, 7) is 8.31. The average Bonchev–Trinajstić information content (AvgIpc) is 3.35. The number of piperidine rings is 1. The van der Waals surface area contributed by atoms with E-state index >= 15 is 0 Å². The third kappa shape index (κ3) is 6.94. The molecule has 0 atom stereocenters. The Bertz CT molecular complexity index is 1040. The van der Waals surface area contributed by atoms with Gasteiger partial charge in [0.1, 0.15) is 5.69 Å². The van der Waals surface area contributed by atoms with Gasteiger partial charge < -0.3 is 25.4 Å². The third-order valence-electron chi connectivity index (χ3n) is 6.02. The molecule has 2 fully saturated rings. The number of aromatic nitrogens is 3. The van der Waals surface area contributed by atoms with E-state index in [9.17, 15) is 18.0 Å². The predicted octanol–water partition coefficient (Wildman–Crippen LogP) is 2.42. The number of anilines is 1. The number of morpholine rings is 1. The number of ether oxygens (including phenoxy) is 1. The highest BCUT2D eigenvalue weighted by atomic mass is 19.4. The predicted molar refractivity (Wildman–Crippen MR) is 125 cm³/mol. The molecule has 3 N–H and O–H groups in total. The smallest absolute Gasteiger partial charge is 0.475 e. The molecular formula is C23H31F3N6O4. The second-order valence-electron chi connectivity index (χ2n) is 9.25. The van der Waals surface area contributed by atoms with Gasteiger partial charge in [-0.2, -0.15) is 13.2 Å². The minimum Gasteiger partial charge on any atom is -0.475 e. The van der Waals surface area contributed by atoms with E-state index in [0.29, 0.717) is 26.3 Å². The summed E-state index contributed by atoms with van der Waals surface area (Å²) in [4.78, 5) is 26.4. The van der Waals surface area contributed by atoms with Crippen molar-refractivity contribution in [1.29, 1.82) is 0 Å². The first-order valence-electron chi connectivity index (χ1n) is 11.6. The SMILES string of the molecule is CC(C)(N)c1cn(C2CCN(C(=O)c3ccccc3N3CCOCC3)CC2)nn1.O=C(O)C(F)(F)F. The van der Waals surface area contributed by atoms with E-state index in [4.69, 9.17) is 20.4 Å². The molecule has 1 aromatic carbocycles. The van der Waals surface area contributed by atoms with Crippen LogP contribution in [0.15, 0.2) is 30.5 Å². The molecule has 0 spiro atoms. The normalized spacial score (nSPS) is 17.4. The van der Waals surface area contributed by atoms with Gasteiger partial charge in [0.2, 0.25) is 0 Å². The quantitative estimate of drug-likeness (QED) is 0.640. The second-order valence-corrected chi connectivity index (χ2v) is 9.25. The summed E-state index contributed by atoms with van der Waals surface area (Å²) in [6, 6.07) is 8.16. The molecule has 2 aliphatic heterocycles. The minimum atomic E-state index is -5.08. The lowest BCUT2D eigenvalue weighted by Gasteiger charge is -2.34. The lowest BCUT2D eigenvalue weighted by Crippen LogP contribution is -2.41. The van der Waals surface area contributed by atoms with Crippen LogP contribution in [0.3, 0.4) is 0 Å². The summed E-state index contributed by atoms with van der Waals surface area (Å²) in [5.74, 6) is -2.65. The highest BCUT2D eigenvalue weighted by Gasteiger charge is 2.38. The number of aliphatic carboxylic acids is 1. The largest absolute Gasteiger partial charge is 0.490 e. The number of carbonyl (C=O) groups is 2. The van der Waals surface area contributed by atoms with Crippen molar-refractivity contribution in [2.75, 3.05) is 44.3 Å². The number of nitrogens with zero attached hydrogens (tertiary/aromatic N) is 5. The molecule has 4 rings (SSSR count). The average molecular weight is 513 g/mol. The van der Waals surface area contributed by atoms with Gasteiger partial charge in [0.15, 0.2) is 0 Å². The van der Waals surface area contributed by atoms with Crippen LogP contribution in [0.5, 0.6) is 0 Å². The molecule has 0 aliphatic carbocycles. The van der Waals surface area contributed by atoms with Crippen LogP contribution in [0.25, 0.3) is 0 Å². The highest BCUT2D eigenvalue weighted by molar-refractivity contribution is 5.99. The Hall–Kier alpha value is -3.19. The zero-order chi connectivity index (χ0) is 26.5. The Kier molecular flexibility index (Phi) is 8.56. The molecule has 1 amide bonds. The number of alkyl halides is 3. The summed E-state index contributed by atoms with van der Waals surface area (Å²) < 4.78 is 39.1. The first kappa shape index (κ1) is 27.4. The molecule has 198 valence electrons. The number of likely N-dealkylation sites (tertiary alicyclic amines) is 1. The molecule has 13 heteroatoms. The third-order valence-corrected chi connectivity index (χ3v) is 6.02. The number of carboxylic acids is 1. The molecule has 36 heavy (non-hydrogen) atoms. The number of hydrogen-bond donors (Lipinski definition) is 2. The van der Waals surface area contributed by atoms with Crippen molar-refractivity contribution in [3.8, 4) is 0 Å². The molecule has 3 heterocycles. The molecule has 2 aliphatic rings. The van der Waals surface area contributed by atoms with E-state index in [0.717, 1.165) is 42.9 Å². The molecular weight excluding hydrogens is 481 g/mol. The molecule has 2 saturated heterocycles. The van der Waals surface area contributed by atoms with Gasteiger partial charge in [-0.1, -0.05) is 17.3 Å². The summed E-state index contributed by atoms with van der Waals surface area (Å²) in [5.41, 5.74) is 8.19. The van der Waals surface area contributed by atoms with Crippen LogP contribution in [-0.2, 0) is 15.1 Å². The Morgan fingerprint density at radius 2 is 1.67 bits per heavy atom. The second kappa shape index (κ2) is 11.2. The van der Waals surface area contributed by atoms with Gasteiger partial charge in [0.25, 0.3) is 5.91 Å². The monoisotopic (exact) mass is 512 g/mol. The van der Waals surface area contributed by atoms with Crippen molar-refractivity contribution in [3.05, 3.63) is 41.7 Å². The summed E-state index contributed by atoms with van der Waals surface area (Å²) >= 11 is 0. The number of nitrogens with two attached hydrogens (primary N) is 1. The van der Waals surface area contributed by atoms with E-state index in [1.165, 1.54) is 0 Å². The Balaban J connectivity index is 0.000000454. The lowest BCUT2D eigenvalue weighted by atomic mass is 10.0. The standard InChI is InChI=1S/C21H30N6O2.C2HF3O2/c1-21(2,22)19-15-27(24-23-19)16-7-9-26(10-8-16)20(28)17-5-3-4-6-18(17)25-11-13-29-14-12-25;3-2(4,5)1(6)7/h3-6,15-16H,7-14,22H2,1-2H3;(H,6,7). The van der Waals surface area contributed by atoms with Gasteiger partial charge in [-0.3, -0.25) is 4.79 Å². The summed E-state index contributed by atoms with van der Waals surface area (Å²) in [6.07, 6.45) is -1.42. The number of amides is 1. The van der Waals surface area contributed by atoms with Crippen LogP contribution in [0.4, 0.5) is 18.9 Å². The van der Waals surface area contributed by atoms with Crippen molar-refractivity contribution >= 4 is 17.6 Å². The molecule has 0 unspecified atom stereocenters. The fourth-order valence-electron chi connectivity index (χ4n) is 3.99. The number of para-hydroxylation sites is 1. The first-order chi connectivity index (χ1) is 16.9. The van der Waals surface area contributed by atoms with Gasteiger partial charge in [0.05, 0.1) is 36.6 Å². The van der Waals surface area contributed by atoms with Crippen LogP contribution < -0.4 is 10.6 Å². The maximum Gasteiger partial charge on any atom is 0.490 e. The molecule has 0 saturated carbocycles. The number of hydrogen-bond acceptors (Lipinski definition) is 7. The number of carboxylic acid groups (broad SMARTS) is 1. The van der Waals surface area contributed by atoms with Gasteiger partial charge in [0, 0.05) is 31.9 Å². The van der Waals surface area contributed by atoms with Crippen LogP contribution >= 0.6 is 0 Å². The summed E-state index contributed by atoms with van der Waals surface area (Å²) in [5, 5.41) is 15.6. The Labute approximate surface area is 206 Å². The zero-order valence-corrected chi connectivity index (χ0v) is 20.2. The van der Waals surface area contributed by atoms with E-state index in [1.54, 1.807) is 0 Å². The van der Waals surface area contributed by atoms with Crippen LogP contribution in [0.1, 0.15) is 48.8 Å². The van der Waals surface area contributed by atoms with Crippen molar-refractivity contribution in [2.24, 2.45) is 5.73 Å². The van der Waals surface area contributed by atoms with E-state index in [1.807, 2.05) is 53.9 Å². The lowest BCUT2D eigenvalue weighted by molar-refractivity contribution is -0.192. The number of carbonyl (C=O) groups excluding carboxylic acids is 1. The highest BCUT2D eigenvalue weighted by Crippen LogP contribution is 2.27. The topological polar surface area (TPSA) is 127 Å². The van der Waals surface area contributed by atoms with Crippen molar-refractivity contribution in [3.63, 3.8) is 0 Å².